The van der Waals surface area contributed by atoms with Gasteiger partial charge in [-0.05, 0) is 70.8 Å². The third-order valence-corrected chi connectivity index (χ3v) is 3.15. The number of aromatic nitrogens is 2. The minimum Gasteiger partial charge on any atom is -0.317 e. The van der Waals surface area contributed by atoms with E-state index in [0.29, 0.717) is 0 Å². The molecule has 0 fully saturated rings. The van der Waals surface area contributed by atoms with Gasteiger partial charge in [0.25, 0.3) is 0 Å². The van der Waals surface area contributed by atoms with E-state index in [1.807, 2.05) is 57.2 Å². The Kier molecular flexibility index (Phi) is 23.9. The largest absolute Gasteiger partial charge is 0.317 e. The number of nitrogens with zero attached hydrogens (tertiary/aromatic N) is 3. The second-order valence-corrected chi connectivity index (χ2v) is 5.62. The van der Waals surface area contributed by atoms with E-state index in [4.69, 9.17) is 5.41 Å². The molecule has 2 aromatic rings. The normalized spacial score (nSPS) is 10.7. The average Bonchev–Trinajstić information content (AvgIpc) is 2.74. The first kappa shape index (κ1) is 27.1. The molecular weight excluding hydrogens is 447 g/mol. The maximum Gasteiger partial charge on any atom is 0.0900 e. The van der Waals surface area contributed by atoms with E-state index in [0.717, 1.165) is 15.9 Å². The Bertz CT molecular complexity index is 561. The molecule has 0 aliphatic heterocycles. The third kappa shape index (κ3) is 23.9. The van der Waals surface area contributed by atoms with Crippen molar-refractivity contribution in [3.63, 3.8) is 0 Å². The number of allylic oxidation sites excluding steroid dienone is 4. The summed E-state index contributed by atoms with van der Waals surface area (Å²) in [6.07, 6.45) is 16.4. The lowest BCUT2D eigenvalue weighted by molar-refractivity contribution is 1.04. The first-order chi connectivity index (χ1) is 13.2. The molecule has 0 radical (unpaired) electrons. The Morgan fingerprint density at radius 1 is 0.963 bits per heavy atom. The third-order valence-electron chi connectivity index (χ3n) is 2.76. The van der Waals surface area contributed by atoms with Crippen LogP contribution in [0.15, 0.2) is 78.1 Å². The standard InChI is InChI=1S/2C6H7N.C6H8.C3H6IN.CH3N/c2*1-6-4-2-3-5-7-6;1-2-4-6-5-3-1;1-2-5-3-4;1-2/h2*2-5H,1H3;1-4H,5-6H2;2H,3H2,1H3;2H,1H2/b;;;5-2-;. The molecule has 0 bridgehead atoms. The molecule has 146 valence electrons. The van der Waals surface area contributed by atoms with Gasteiger partial charge in [-0.3, -0.25) is 15.0 Å². The zero-order valence-electron chi connectivity index (χ0n) is 16.6. The molecular formula is C22H31IN4. The van der Waals surface area contributed by atoms with E-state index in [9.17, 15) is 0 Å². The highest BCUT2D eigenvalue weighted by molar-refractivity contribution is 14.1. The zero-order chi connectivity index (χ0) is 20.6. The molecule has 0 aromatic carbocycles. The fourth-order valence-electron chi connectivity index (χ4n) is 1.51. The van der Waals surface area contributed by atoms with Gasteiger partial charge < -0.3 is 5.41 Å². The second kappa shape index (κ2) is 23.9. The van der Waals surface area contributed by atoms with Crippen LogP contribution in [-0.2, 0) is 0 Å². The Morgan fingerprint density at radius 2 is 1.41 bits per heavy atom. The van der Waals surface area contributed by atoms with Crippen molar-refractivity contribution in [1.29, 1.82) is 5.41 Å². The predicted molar refractivity (Wildman–Crippen MR) is 128 cm³/mol. The molecule has 2 aromatic heterocycles. The van der Waals surface area contributed by atoms with Gasteiger partial charge in [-0.25, -0.2) is 0 Å². The zero-order valence-corrected chi connectivity index (χ0v) is 18.7. The van der Waals surface area contributed by atoms with Crippen LogP contribution in [0.2, 0.25) is 0 Å². The van der Waals surface area contributed by atoms with Crippen LogP contribution in [0.4, 0.5) is 0 Å². The Hall–Kier alpha value is -2.15. The molecule has 2 heterocycles. The number of halogens is 1. The van der Waals surface area contributed by atoms with Crippen LogP contribution in [0.1, 0.15) is 31.2 Å². The molecule has 0 unspecified atom stereocenters. The summed E-state index contributed by atoms with van der Waals surface area (Å²) in [4.78, 5) is 11.8. The quantitative estimate of drug-likeness (QED) is 0.223. The molecule has 0 atom stereocenters. The highest BCUT2D eigenvalue weighted by atomic mass is 127. The molecule has 0 saturated carbocycles. The Labute approximate surface area is 178 Å². The molecule has 1 aliphatic carbocycles. The SMILES string of the molecule is C/C=N\CI.C1=CCCC=C1.C=N.Cc1ccccn1.Cc1ccccn1. The van der Waals surface area contributed by atoms with Crippen molar-refractivity contribution in [2.24, 2.45) is 4.99 Å². The second-order valence-electron chi connectivity index (χ2n) is 4.94. The van der Waals surface area contributed by atoms with Crippen molar-refractivity contribution in [2.45, 2.75) is 33.6 Å². The van der Waals surface area contributed by atoms with Crippen molar-refractivity contribution in [3.05, 3.63) is 84.5 Å². The van der Waals surface area contributed by atoms with Gasteiger partial charge in [0, 0.05) is 23.8 Å². The van der Waals surface area contributed by atoms with Crippen LogP contribution in [-0.4, -0.2) is 27.5 Å². The topological polar surface area (TPSA) is 62.0 Å². The minimum atomic E-state index is 0.883. The van der Waals surface area contributed by atoms with Crippen LogP contribution in [0.3, 0.4) is 0 Å². The minimum absolute atomic E-state index is 0.883. The molecule has 5 heteroatoms. The van der Waals surface area contributed by atoms with Crippen molar-refractivity contribution >= 4 is 35.5 Å². The fourth-order valence-corrected chi connectivity index (χ4v) is 1.90. The fraction of sp³-hybridized carbons (Fsp3) is 0.273. The molecule has 1 N–H and O–H groups in total. The summed E-state index contributed by atoms with van der Waals surface area (Å²) in [7, 11) is 0. The average molecular weight is 478 g/mol. The van der Waals surface area contributed by atoms with Crippen molar-refractivity contribution in [1.82, 2.24) is 9.97 Å². The van der Waals surface area contributed by atoms with E-state index in [1.165, 1.54) is 12.8 Å². The number of rotatable bonds is 1. The first-order valence-corrected chi connectivity index (χ1v) is 10.2. The van der Waals surface area contributed by atoms with Gasteiger partial charge in [0.05, 0.1) is 4.55 Å². The van der Waals surface area contributed by atoms with E-state index in [-0.39, 0.29) is 0 Å². The molecule has 27 heavy (non-hydrogen) atoms. The summed E-state index contributed by atoms with van der Waals surface area (Å²) in [5, 5.41) is 5.50. The van der Waals surface area contributed by atoms with Crippen molar-refractivity contribution in [3.8, 4) is 0 Å². The van der Waals surface area contributed by atoms with Gasteiger partial charge in [-0.1, -0.05) is 59.0 Å². The van der Waals surface area contributed by atoms with Gasteiger partial charge in [-0.2, -0.15) is 0 Å². The van der Waals surface area contributed by atoms with E-state index >= 15 is 0 Å². The van der Waals surface area contributed by atoms with Crippen LogP contribution in [0, 0.1) is 19.3 Å². The van der Waals surface area contributed by atoms with Gasteiger partial charge in [-0.15, -0.1) is 0 Å². The van der Waals surface area contributed by atoms with E-state index < -0.39 is 0 Å². The van der Waals surface area contributed by atoms with Crippen molar-refractivity contribution < 1.29 is 0 Å². The maximum atomic E-state index is 5.50. The molecule has 0 saturated heterocycles. The van der Waals surface area contributed by atoms with Crippen LogP contribution in [0.5, 0.6) is 0 Å². The lowest BCUT2D eigenvalue weighted by Gasteiger charge is -1.88. The Morgan fingerprint density at radius 3 is 1.52 bits per heavy atom. The van der Waals surface area contributed by atoms with Crippen molar-refractivity contribution in [2.75, 3.05) is 4.55 Å². The highest BCUT2D eigenvalue weighted by Crippen LogP contribution is 1.98. The molecule has 4 nitrogen and oxygen atoms in total. The summed E-state index contributed by atoms with van der Waals surface area (Å²) >= 11 is 2.19. The highest BCUT2D eigenvalue weighted by Gasteiger charge is 1.77. The molecule has 1 aliphatic rings. The maximum absolute atomic E-state index is 5.50. The lowest BCUT2D eigenvalue weighted by atomic mass is 10.2. The monoisotopic (exact) mass is 478 g/mol. The van der Waals surface area contributed by atoms with E-state index in [1.54, 1.807) is 18.6 Å². The lowest BCUT2D eigenvalue weighted by Crippen LogP contribution is -1.72. The van der Waals surface area contributed by atoms with Crippen LogP contribution in [0.25, 0.3) is 0 Å². The van der Waals surface area contributed by atoms with Gasteiger partial charge in [0.1, 0.15) is 0 Å². The number of hydrogen-bond acceptors (Lipinski definition) is 4. The van der Waals surface area contributed by atoms with Gasteiger partial charge >= 0.3 is 0 Å². The van der Waals surface area contributed by atoms with Gasteiger partial charge in [0.15, 0.2) is 0 Å². The van der Waals surface area contributed by atoms with Gasteiger partial charge in [0.2, 0.25) is 0 Å². The number of hydrogen-bond donors (Lipinski definition) is 1. The molecule has 3 rings (SSSR count). The van der Waals surface area contributed by atoms with Crippen LogP contribution < -0.4 is 0 Å². The summed E-state index contributed by atoms with van der Waals surface area (Å²) in [5.41, 5.74) is 2.14. The molecule has 0 amide bonds. The number of nitrogens with one attached hydrogen (secondary N) is 1. The molecule has 0 spiro atoms. The number of alkyl halides is 1. The summed E-state index contributed by atoms with van der Waals surface area (Å²) in [6.45, 7) is 8.36. The Balaban J connectivity index is 0. The first-order valence-electron chi connectivity index (χ1n) is 8.63. The van der Waals surface area contributed by atoms with E-state index in [2.05, 4.69) is 68.6 Å². The summed E-state index contributed by atoms with van der Waals surface area (Å²) < 4.78 is 0.883. The summed E-state index contributed by atoms with van der Waals surface area (Å²) in [6, 6.07) is 11.7. The number of aliphatic imine (C=N–C) groups is 1. The van der Waals surface area contributed by atoms with Crippen LogP contribution >= 0.6 is 22.6 Å². The smallest absolute Gasteiger partial charge is 0.0900 e. The number of pyridine rings is 2. The summed E-state index contributed by atoms with van der Waals surface area (Å²) in [5.74, 6) is 0. The predicted octanol–water partition coefficient (Wildman–Crippen LogP) is 6.41. The number of aryl methyl sites for hydroxylation is 2.